The summed E-state index contributed by atoms with van der Waals surface area (Å²) in [4.78, 5) is 1.07. The third-order valence-electron chi connectivity index (χ3n) is 3.74. The quantitative estimate of drug-likeness (QED) is 0.342. The molecule has 0 aliphatic rings. The van der Waals surface area contributed by atoms with Crippen molar-refractivity contribution in [2.24, 2.45) is 0 Å². The van der Waals surface area contributed by atoms with Gasteiger partial charge in [0.2, 0.25) is 0 Å². The summed E-state index contributed by atoms with van der Waals surface area (Å²) in [5, 5.41) is 13.2. The molecule has 0 aliphatic heterocycles. The minimum absolute atomic E-state index is 0.704. The molecule has 0 spiro atoms. The van der Waals surface area contributed by atoms with Crippen LogP contribution in [0.25, 0.3) is 16.4 Å². The van der Waals surface area contributed by atoms with E-state index in [1.165, 1.54) is 5.56 Å². The number of thioether (sulfide) groups is 1. The van der Waals surface area contributed by atoms with Crippen molar-refractivity contribution < 1.29 is 0 Å². The summed E-state index contributed by atoms with van der Waals surface area (Å²) >= 11 is 15.3. The summed E-state index contributed by atoms with van der Waals surface area (Å²) in [5.74, 6) is 1.62. The largest absolute Gasteiger partial charge is 0.269 e. The minimum Gasteiger partial charge on any atom is -0.269 e. The number of aromatic nitrogens is 3. The molecule has 130 valence electrons. The fraction of sp³-hybridized carbons (Fsp3) is 0.0526. The number of nitrogens with zero attached hydrogens (tertiary/aromatic N) is 3. The Morgan fingerprint density at radius 1 is 0.885 bits per heavy atom. The fourth-order valence-electron chi connectivity index (χ4n) is 2.48. The van der Waals surface area contributed by atoms with Gasteiger partial charge in [-0.15, -0.1) is 21.5 Å². The van der Waals surface area contributed by atoms with Gasteiger partial charge >= 0.3 is 0 Å². The Balaban J connectivity index is 1.70. The molecule has 0 amide bonds. The van der Waals surface area contributed by atoms with Crippen molar-refractivity contribution in [2.75, 3.05) is 0 Å². The second-order valence-corrected chi connectivity index (χ2v) is 8.27. The van der Waals surface area contributed by atoms with Crippen LogP contribution >= 0.6 is 46.3 Å². The van der Waals surface area contributed by atoms with Crippen LogP contribution in [0.4, 0.5) is 0 Å². The lowest BCUT2D eigenvalue weighted by molar-refractivity contribution is 0.886. The summed E-state index contributed by atoms with van der Waals surface area (Å²) in [6.07, 6.45) is 0. The van der Waals surface area contributed by atoms with Crippen molar-refractivity contribution >= 4 is 46.3 Å². The molecule has 4 aromatic rings. The first-order valence-corrected chi connectivity index (χ1v) is 10.5. The Hall–Kier alpha value is -1.79. The Labute approximate surface area is 169 Å². The van der Waals surface area contributed by atoms with Gasteiger partial charge in [0.05, 0.1) is 4.88 Å². The van der Waals surface area contributed by atoms with Gasteiger partial charge in [0, 0.05) is 21.5 Å². The van der Waals surface area contributed by atoms with Crippen LogP contribution in [0.5, 0.6) is 0 Å². The number of halogens is 2. The molecule has 0 fully saturated rings. The third kappa shape index (κ3) is 3.81. The zero-order valence-electron chi connectivity index (χ0n) is 13.5. The van der Waals surface area contributed by atoms with E-state index in [-0.39, 0.29) is 0 Å². The number of hydrogen-bond acceptors (Lipinski definition) is 4. The molecule has 2 aromatic carbocycles. The normalized spacial score (nSPS) is 11.0. The monoisotopic (exact) mass is 417 g/mol. The van der Waals surface area contributed by atoms with Crippen LogP contribution in [0.15, 0.2) is 71.2 Å². The van der Waals surface area contributed by atoms with Crippen LogP contribution in [-0.4, -0.2) is 14.8 Å². The van der Waals surface area contributed by atoms with E-state index in [2.05, 4.69) is 20.8 Å². The van der Waals surface area contributed by atoms with Gasteiger partial charge in [0.25, 0.3) is 0 Å². The van der Waals surface area contributed by atoms with Gasteiger partial charge in [-0.3, -0.25) is 4.57 Å². The molecule has 0 atom stereocenters. The van der Waals surface area contributed by atoms with Gasteiger partial charge in [-0.1, -0.05) is 53.2 Å². The van der Waals surface area contributed by atoms with Crippen LogP contribution in [0.2, 0.25) is 10.0 Å². The maximum Gasteiger partial charge on any atom is 0.196 e. The number of thiophene rings is 1. The van der Waals surface area contributed by atoms with Crippen LogP contribution in [0, 0.1) is 0 Å². The summed E-state index contributed by atoms with van der Waals surface area (Å²) in [7, 11) is 0. The molecule has 0 bridgehead atoms. The standard InChI is InChI=1S/C19H13Cl2N3S2/c20-14-5-3-13(4-6-14)12-26-19-23-22-18(17-2-1-11-25-17)24(19)16-9-7-15(21)8-10-16/h1-11H,12H2. The smallest absolute Gasteiger partial charge is 0.196 e. The topological polar surface area (TPSA) is 30.7 Å². The first kappa shape index (κ1) is 17.6. The molecule has 0 saturated carbocycles. The summed E-state index contributed by atoms with van der Waals surface area (Å²) in [6.45, 7) is 0. The highest BCUT2D eigenvalue weighted by molar-refractivity contribution is 7.98. The first-order valence-electron chi connectivity index (χ1n) is 7.83. The molecule has 0 saturated heterocycles. The lowest BCUT2D eigenvalue weighted by atomic mass is 10.2. The average Bonchev–Trinajstić information content (AvgIpc) is 3.31. The van der Waals surface area contributed by atoms with E-state index in [4.69, 9.17) is 23.2 Å². The molecule has 7 heteroatoms. The third-order valence-corrected chi connectivity index (χ3v) is 6.11. The molecular weight excluding hydrogens is 405 g/mol. The maximum absolute atomic E-state index is 6.05. The average molecular weight is 418 g/mol. The minimum atomic E-state index is 0.704. The van der Waals surface area contributed by atoms with Gasteiger partial charge in [-0.25, -0.2) is 0 Å². The number of hydrogen-bond donors (Lipinski definition) is 0. The summed E-state index contributed by atoms with van der Waals surface area (Å²) in [6, 6.07) is 19.6. The first-order chi connectivity index (χ1) is 12.7. The Kier molecular flexibility index (Phi) is 5.31. The van der Waals surface area contributed by atoms with Crippen LogP contribution in [-0.2, 0) is 5.75 Å². The Morgan fingerprint density at radius 3 is 2.23 bits per heavy atom. The molecular formula is C19H13Cl2N3S2. The van der Waals surface area contributed by atoms with E-state index >= 15 is 0 Å². The predicted molar refractivity (Wildman–Crippen MR) is 111 cm³/mol. The van der Waals surface area contributed by atoms with Crippen molar-refractivity contribution in [3.8, 4) is 16.4 Å². The molecule has 2 aromatic heterocycles. The molecule has 3 nitrogen and oxygen atoms in total. The molecule has 0 N–H and O–H groups in total. The van der Waals surface area contributed by atoms with Crippen LogP contribution in [0.3, 0.4) is 0 Å². The SMILES string of the molecule is Clc1ccc(CSc2nnc(-c3cccs3)n2-c2ccc(Cl)cc2)cc1. The molecule has 2 heterocycles. The van der Waals surface area contributed by atoms with Crippen LogP contribution < -0.4 is 0 Å². The fourth-order valence-corrected chi connectivity index (χ4v) is 4.34. The lowest BCUT2D eigenvalue weighted by Crippen LogP contribution is -1.99. The van der Waals surface area contributed by atoms with Gasteiger partial charge in [0.1, 0.15) is 0 Å². The van der Waals surface area contributed by atoms with E-state index in [1.54, 1.807) is 23.1 Å². The van der Waals surface area contributed by atoms with Gasteiger partial charge in [0.15, 0.2) is 11.0 Å². The van der Waals surface area contributed by atoms with E-state index < -0.39 is 0 Å². The predicted octanol–water partition coefficient (Wildman–Crippen LogP) is 6.59. The zero-order chi connectivity index (χ0) is 17.9. The van der Waals surface area contributed by atoms with Gasteiger partial charge in [-0.2, -0.15) is 0 Å². The number of benzene rings is 2. The zero-order valence-corrected chi connectivity index (χ0v) is 16.6. The second kappa shape index (κ2) is 7.84. The summed E-state index contributed by atoms with van der Waals surface area (Å²) < 4.78 is 2.07. The highest BCUT2D eigenvalue weighted by atomic mass is 35.5. The van der Waals surface area contributed by atoms with E-state index in [9.17, 15) is 0 Å². The lowest BCUT2D eigenvalue weighted by Gasteiger charge is -2.09. The van der Waals surface area contributed by atoms with Crippen molar-refractivity contribution in [2.45, 2.75) is 10.9 Å². The van der Waals surface area contributed by atoms with Crippen molar-refractivity contribution in [1.29, 1.82) is 0 Å². The highest BCUT2D eigenvalue weighted by Gasteiger charge is 2.17. The van der Waals surface area contributed by atoms with Gasteiger partial charge in [-0.05, 0) is 53.4 Å². The van der Waals surface area contributed by atoms with Gasteiger partial charge < -0.3 is 0 Å². The molecule has 0 unspecified atom stereocenters. The Bertz CT molecular complexity index is 994. The summed E-state index contributed by atoms with van der Waals surface area (Å²) in [5.41, 5.74) is 2.17. The van der Waals surface area contributed by atoms with Crippen molar-refractivity contribution in [3.63, 3.8) is 0 Å². The van der Waals surface area contributed by atoms with Crippen molar-refractivity contribution in [1.82, 2.24) is 14.8 Å². The van der Waals surface area contributed by atoms with E-state index in [1.807, 2.05) is 60.0 Å². The highest BCUT2D eigenvalue weighted by Crippen LogP contribution is 2.32. The molecule has 26 heavy (non-hydrogen) atoms. The second-order valence-electron chi connectivity index (χ2n) is 5.51. The maximum atomic E-state index is 6.05. The van der Waals surface area contributed by atoms with Crippen LogP contribution in [0.1, 0.15) is 5.56 Å². The van der Waals surface area contributed by atoms with E-state index in [0.29, 0.717) is 5.02 Å². The molecule has 4 rings (SSSR count). The Morgan fingerprint density at radius 2 is 1.58 bits per heavy atom. The number of rotatable bonds is 5. The van der Waals surface area contributed by atoms with E-state index in [0.717, 1.165) is 32.3 Å². The molecule has 0 aliphatic carbocycles. The van der Waals surface area contributed by atoms with Crippen molar-refractivity contribution in [3.05, 3.63) is 81.7 Å². The molecule has 0 radical (unpaired) electrons.